The average molecular weight is 362 g/mol. The van der Waals surface area contributed by atoms with Crippen LogP contribution in [-0.4, -0.2) is 18.4 Å². The molecule has 0 bridgehead atoms. The maximum atomic E-state index is 11.9. The van der Waals surface area contributed by atoms with E-state index in [2.05, 4.69) is 42.5 Å². The summed E-state index contributed by atoms with van der Waals surface area (Å²) in [4.78, 5) is 22.9. The molecule has 0 radical (unpaired) electrons. The number of halogens is 2. The molecule has 17 heavy (non-hydrogen) atoms. The third kappa shape index (κ3) is 3.07. The van der Waals surface area contributed by atoms with E-state index < -0.39 is 0 Å². The number of carbonyl (C=O) groups excluding carboxylic acids is 2. The van der Waals surface area contributed by atoms with Crippen LogP contribution in [0.5, 0.6) is 0 Å². The number of rotatable bonds is 2. The van der Waals surface area contributed by atoms with Crippen LogP contribution >= 0.6 is 31.9 Å². The normalized spacial score (nSPS) is 18.9. The molecule has 2 rings (SSSR count). The van der Waals surface area contributed by atoms with E-state index in [9.17, 15) is 9.59 Å². The van der Waals surface area contributed by atoms with E-state index >= 15 is 0 Å². The maximum Gasteiger partial charge on any atom is 0.229 e. The number of anilines is 1. The quantitative estimate of drug-likeness (QED) is 0.849. The summed E-state index contributed by atoms with van der Waals surface area (Å²) < 4.78 is 1.70. The Bertz CT molecular complexity index is 477. The van der Waals surface area contributed by atoms with Crippen molar-refractivity contribution in [1.82, 2.24) is 5.32 Å². The molecule has 1 aliphatic rings. The van der Waals surface area contributed by atoms with Crippen molar-refractivity contribution in [2.75, 3.05) is 11.9 Å². The van der Waals surface area contributed by atoms with Crippen LogP contribution in [0.1, 0.15) is 6.42 Å². The second-order valence-electron chi connectivity index (χ2n) is 3.82. The molecule has 1 aromatic rings. The molecule has 2 N–H and O–H groups in total. The average Bonchev–Trinajstić information content (AvgIpc) is 2.70. The predicted octanol–water partition coefficient (Wildman–Crippen LogP) is 2.29. The van der Waals surface area contributed by atoms with Gasteiger partial charge in [-0.1, -0.05) is 15.9 Å². The van der Waals surface area contributed by atoms with Crippen molar-refractivity contribution in [2.45, 2.75) is 6.42 Å². The fourth-order valence-electron chi connectivity index (χ4n) is 1.62. The number of carbonyl (C=O) groups is 2. The Morgan fingerprint density at radius 3 is 2.82 bits per heavy atom. The predicted molar refractivity (Wildman–Crippen MR) is 71.6 cm³/mol. The van der Waals surface area contributed by atoms with Crippen molar-refractivity contribution in [3.05, 3.63) is 27.1 Å². The van der Waals surface area contributed by atoms with Gasteiger partial charge in [-0.25, -0.2) is 0 Å². The molecule has 0 aliphatic carbocycles. The van der Waals surface area contributed by atoms with Crippen LogP contribution in [-0.2, 0) is 9.59 Å². The lowest BCUT2D eigenvalue weighted by Crippen LogP contribution is -2.24. The lowest BCUT2D eigenvalue weighted by molar-refractivity contribution is -0.123. The van der Waals surface area contributed by atoms with Crippen molar-refractivity contribution in [3.8, 4) is 0 Å². The van der Waals surface area contributed by atoms with Crippen LogP contribution in [0.25, 0.3) is 0 Å². The van der Waals surface area contributed by atoms with Gasteiger partial charge in [-0.2, -0.15) is 0 Å². The fraction of sp³-hybridized carbons (Fsp3) is 0.273. The lowest BCUT2D eigenvalue weighted by atomic mass is 10.1. The standard InChI is InChI=1S/C11H10Br2N2O2/c12-7-1-2-8(13)9(4-7)15-11(17)6-3-10(16)14-5-6/h1-2,4,6H,3,5H2,(H,14,16)(H,15,17). The Balaban J connectivity index is 2.07. The number of nitrogens with one attached hydrogen (secondary N) is 2. The van der Waals surface area contributed by atoms with Gasteiger partial charge in [0.2, 0.25) is 11.8 Å². The summed E-state index contributed by atoms with van der Waals surface area (Å²) in [7, 11) is 0. The smallest absolute Gasteiger partial charge is 0.229 e. The van der Waals surface area contributed by atoms with Gasteiger partial charge in [0, 0.05) is 21.9 Å². The van der Waals surface area contributed by atoms with Crippen LogP contribution in [0.15, 0.2) is 27.1 Å². The zero-order valence-corrected chi connectivity index (χ0v) is 12.0. The molecule has 6 heteroatoms. The minimum atomic E-state index is -0.284. The summed E-state index contributed by atoms with van der Waals surface area (Å²) in [6.45, 7) is 0.413. The molecule has 90 valence electrons. The number of hydrogen-bond donors (Lipinski definition) is 2. The fourth-order valence-corrected chi connectivity index (χ4v) is 2.33. The van der Waals surface area contributed by atoms with Gasteiger partial charge in [0.1, 0.15) is 0 Å². The van der Waals surface area contributed by atoms with E-state index in [4.69, 9.17) is 0 Å². The molecule has 1 saturated heterocycles. The van der Waals surface area contributed by atoms with Gasteiger partial charge in [0.15, 0.2) is 0 Å². The third-order valence-electron chi connectivity index (χ3n) is 2.53. The highest BCUT2D eigenvalue weighted by Gasteiger charge is 2.28. The molecule has 1 fully saturated rings. The van der Waals surface area contributed by atoms with Crippen molar-refractivity contribution in [1.29, 1.82) is 0 Å². The van der Waals surface area contributed by atoms with Crippen LogP contribution in [0.3, 0.4) is 0 Å². The van der Waals surface area contributed by atoms with Crippen molar-refractivity contribution in [3.63, 3.8) is 0 Å². The number of hydrogen-bond acceptors (Lipinski definition) is 2. The topological polar surface area (TPSA) is 58.2 Å². The summed E-state index contributed by atoms with van der Waals surface area (Å²) >= 11 is 6.70. The first-order valence-corrected chi connectivity index (χ1v) is 6.67. The Labute approximate surface area is 115 Å². The zero-order valence-electron chi connectivity index (χ0n) is 8.80. The van der Waals surface area contributed by atoms with Crippen LogP contribution < -0.4 is 10.6 Å². The molecule has 0 spiro atoms. The van der Waals surface area contributed by atoms with E-state index in [1.54, 1.807) is 0 Å². The first kappa shape index (κ1) is 12.6. The molecule has 1 unspecified atom stereocenters. The minimum absolute atomic E-state index is 0.0709. The van der Waals surface area contributed by atoms with Gasteiger partial charge in [0.05, 0.1) is 11.6 Å². The number of benzene rings is 1. The summed E-state index contributed by atoms with van der Waals surface area (Å²) in [6.07, 6.45) is 0.261. The van der Waals surface area contributed by atoms with Crippen LogP contribution in [0.2, 0.25) is 0 Å². The highest BCUT2D eigenvalue weighted by atomic mass is 79.9. The Morgan fingerprint density at radius 1 is 1.41 bits per heavy atom. The van der Waals surface area contributed by atoms with Gasteiger partial charge in [-0.05, 0) is 34.1 Å². The Kier molecular flexibility index (Phi) is 3.83. The molecule has 1 aliphatic heterocycles. The SMILES string of the molecule is O=C1CC(C(=O)Nc2cc(Br)ccc2Br)CN1. The molecular weight excluding hydrogens is 352 g/mol. The molecule has 2 amide bonds. The molecule has 1 atom stereocenters. The van der Waals surface area contributed by atoms with E-state index in [0.717, 1.165) is 8.95 Å². The van der Waals surface area contributed by atoms with E-state index in [1.165, 1.54) is 0 Å². The monoisotopic (exact) mass is 360 g/mol. The van der Waals surface area contributed by atoms with Crippen molar-refractivity contribution >= 4 is 49.4 Å². The first-order valence-electron chi connectivity index (χ1n) is 5.09. The largest absolute Gasteiger partial charge is 0.355 e. The second kappa shape index (κ2) is 5.18. The summed E-state index contributed by atoms with van der Waals surface area (Å²) in [6, 6.07) is 5.53. The Hall–Kier alpha value is -0.880. The van der Waals surface area contributed by atoms with E-state index in [1.807, 2.05) is 18.2 Å². The van der Waals surface area contributed by atoms with Crippen LogP contribution in [0, 0.1) is 5.92 Å². The number of amides is 2. The van der Waals surface area contributed by atoms with Gasteiger partial charge < -0.3 is 10.6 Å². The van der Waals surface area contributed by atoms with E-state index in [0.29, 0.717) is 12.2 Å². The van der Waals surface area contributed by atoms with Gasteiger partial charge in [0.25, 0.3) is 0 Å². The van der Waals surface area contributed by atoms with Crippen molar-refractivity contribution < 1.29 is 9.59 Å². The van der Waals surface area contributed by atoms with Gasteiger partial charge in [-0.15, -0.1) is 0 Å². The second-order valence-corrected chi connectivity index (χ2v) is 5.59. The van der Waals surface area contributed by atoms with Crippen molar-refractivity contribution in [2.24, 2.45) is 5.92 Å². The Morgan fingerprint density at radius 2 is 2.18 bits per heavy atom. The van der Waals surface area contributed by atoms with Gasteiger partial charge in [-0.3, -0.25) is 9.59 Å². The van der Waals surface area contributed by atoms with E-state index in [-0.39, 0.29) is 24.2 Å². The molecule has 4 nitrogen and oxygen atoms in total. The summed E-state index contributed by atoms with van der Waals surface area (Å²) in [5, 5.41) is 5.45. The molecule has 1 aromatic carbocycles. The summed E-state index contributed by atoms with van der Waals surface area (Å²) in [5.41, 5.74) is 0.698. The first-order chi connectivity index (χ1) is 8.06. The highest BCUT2D eigenvalue weighted by Crippen LogP contribution is 2.27. The summed E-state index contributed by atoms with van der Waals surface area (Å²) in [5.74, 6) is -0.492. The lowest BCUT2D eigenvalue weighted by Gasteiger charge is -2.11. The molecule has 0 saturated carbocycles. The molecule has 1 heterocycles. The maximum absolute atomic E-state index is 11.9. The highest BCUT2D eigenvalue weighted by molar-refractivity contribution is 9.11. The third-order valence-corrected chi connectivity index (χ3v) is 3.72. The van der Waals surface area contributed by atoms with Gasteiger partial charge >= 0.3 is 0 Å². The molecular formula is C11H10Br2N2O2. The zero-order chi connectivity index (χ0) is 12.4. The molecule has 0 aromatic heterocycles. The minimum Gasteiger partial charge on any atom is -0.355 e. The van der Waals surface area contributed by atoms with Crippen LogP contribution in [0.4, 0.5) is 5.69 Å².